The zero-order valence-corrected chi connectivity index (χ0v) is 14.2. The Balaban J connectivity index is 1.86. The Bertz CT molecular complexity index is 702. The highest BCUT2D eigenvalue weighted by Gasteiger charge is 2.04. The molecule has 0 heterocycles. The van der Waals surface area contributed by atoms with E-state index in [9.17, 15) is 9.59 Å². The van der Waals surface area contributed by atoms with Crippen molar-refractivity contribution in [3.63, 3.8) is 0 Å². The van der Waals surface area contributed by atoms with Crippen LogP contribution in [0.4, 0.5) is 17.1 Å². The van der Waals surface area contributed by atoms with Gasteiger partial charge < -0.3 is 16.0 Å². The minimum Gasteiger partial charge on any atom is -0.376 e. The third-order valence-corrected chi connectivity index (χ3v) is 3.46. The molecule has 0 unspecified atom stereocenters. The Morgan fingerprint density at radius 1 is 0.917 bits per heavy atom. The second kappa shape index (κ2) is 8.93. The van der Waals surface area contributed by atoms with Gasteiger partial charge in [0.25, 0.3) is 0 Å². The van der Waals surface area contributed by atoms with E-state index in [-0.39, 0.29) is 18.4 Å². The largest absolute Gasteiger partial charge is 0.376 e. The van der Waals surface area contributed by atoms with E-state index in [4.69, 9.17) is 11.6 Å². The van der Waals surface area contributed by atoms with E-state index in [2.05, 4.69) is 16.0 Å². The summed E-state index contributed by atoms with van der Waals surface area (Å²) in [6.45, 7) is 2.08. The Kier molecular flexibility index (Phi) is 6.63. The van der Waals surface area contributed by atoms with E-state index in [1.54, 1.807) is 30.3 Å². The molecule has 24 heavy (non-hydrogen) atoms. The predicted octanol–water partition coefficient (Wildman–Crippen LogP) is 4.13. The van der Waals surface area contributed by atoms with Crippen molar-refractivity contribution < 1.29 is 9.59 Å². The first-order chi connectivity index (χ1) is 11.6. The summed E-state index contributed by atoms with van der Waals surface area (Å²) in [5.74, 6) is -0.187. The summed E-state index contributed by atoms with van der Waals surface area (Å²) in [6.07, 6.45) is 1.29. The van der Waals surface area contributed by atoms with Crippen LogP contribution in [0.25, 0.3) is 0 Å². The van der Waals surface area contributed by atoms with Crippen LogP contribution in [0.1, 0.15) is 19.8 Å². The van der Waals surface area contributed by atoms with Crippen LogP contribution >= 0.6 is 11.6 Å². The summed E-state index contributed by atoms with van der Waals surface area (Å²) >= 11 is 5.80. The first kappa shape index (κ1) is 17.8. The normalized spacial score (nSPS) is 10.1. The van der Waals surface area contributed by atoms with Crippen molar-refractivity contribution in [1.82, 2.24) is 0 Å². The second-order valence-electron chi connectivity index (χ2n) is 5.29. The van der Waals surface area contributed by atoms with Crippen LogP contribution in [0.5, 0.6) is 0 Å². The molecule has 0 aliphatic rings. The number of carbonyl (C=O) groups excluding carboxylic acids is 2. The second-order valence-corrected chi connectivity index (χ2v) is 5.72. The molecule has 0 fully saturated rings. The van der Waals surface area contributed by atoms with Crippen molar-refractivity contribution in [1.29, 1.82) is 0 Å². The van der Waals surface area contributed by atoms with E-state index in [0.29, 0.717) is 22.8 Å². The minimum atomic E-state index is -0.169. The lowest BCUT2D eigenvalue weighted by atomic mass is 10.2. The van der Waals surface area contributed by atoms with Crippen LogP contribution in [0.15, 0.2) is 48.5 Å². The molecule has 2 amide bonds. The first-order valence-corrected chi connectivity index (χ1v) is 8.14. The molecule has 0 atom stereocenters. The Labute approximate surface area is 146 Å². The third kappa shape index (κ3) is 5.93. The van der Waals surface area contributed by atoms with Gasteiger partial charge in [-0.1, -0.05) is 24.6 Å². The van der Waals surface area contributed by atoms with Gasteiger partial charge in [-0.2, -0.15) is 0 Å². The van der Waals surface area contributed by atoms with Crippen molar-refractivity contribution in [2.45, 2.75) is 19.8 Å². The van der Waals surface area contributed by atoms with Gasteiger partial charge in [0.15, 0.2) is 0 Å². The highest BCUT2D eigenvalue weighted by atomic mass is 35.5. The lowest BCUT2D eigenvalue weighted by Crippen LogP contribution is -2.21. The number of hydrogen-bond donors (Lipinski definition) is 3. The van der Waals surface area contributed by atoms with Crippen molar-refractivity contribution in [2.75, 3.05) is 22.5 Å². The maximum atomic E-state index is 11.9. The molecule has 0 spiro atoms. The molecule has 5 nitrogen and oxygen atoms in total. The first-order valence-electron chi connectivity index (χ1n) is 7.76. The minimum absolute atomic E-state index is 0.0184. The van der Waals surface area contributed by atoms with Gasteiger partial charge in [-0.25, -0.2) is 0 Å². The van der Waals surface area contributed by atoms with E-state index in [1.165, 1.54) is 0 Å². The van der Waals surface area contributed by atoms with Gasteiger partial charge in [-0.3, -0.25) is 9.59 Å². The number of rotatable bonds is 7. The molecule has 2 aromatic rings. The van der Waals surface area contributed by atoms with E-state index < -0.39 is 0 Å². The Morgan fingerprint density at radius 2 is 1.58 bits per heavy atom. The molecule has 0 bridgehead atoms. The molecule has 0 saturated heterocycles. The fourth-order valence-electron chi connectivity index (χ4n) is 2.08. The van der Waals surface area contributed by atoms with Gasteiger partial charge in [-0.15, -0.1) is 0 Å². The predicted molar refractivity (Wildman–Crippen MR) is 98.6 cm³/mol. The van der Waals surface area contributed by atoms with E-state index in [1.807, 2.05) is 25.1 Å². The molecule has 0 radical (unpaired) electrons. The molecular weight excluding hydrogens is 326 g/mol. The number of nitrogens with one attached hydrogen (secondary N) is 3. The summed E-state index contributed by atoms with van der Waals surface area (Å²) in [6, 6.07) is 14.2. The lowest BCUT2D eigenvalue weighted by molar-refractivity contribution is -0.116. The van der Waals surface area contributed by atoms with Gasteiger partial charge in [0.1, 0.15) is 0 Å². The van der Waals surface area contributed by atoms with Crippen LogP contribution in [-0.2, 0) is 9.59 Å². The maximum Gasteiger partial charge on any atom is 0.243 e. The number of halogens is 1. The molecule has 0 aliphatic carbocycles. The quantitative estimate of drug-likeness (QED) is 0.706. The average molecular weight is 346 g/mol. The fourth-order valence-corrected chi connectivity index (χ4v) is 2.20. The van der Waals surface area contributed by atoms with Crippen LogP contribution < -0.4 is 16.0 Å². The average Bonchev–Trinajstić information content (AvgIpc) is 2.56. The SMILES string of the molecule is CCCC(=O)Nc1cccc(NCC(=O)Nc2ccc(Cl)cc2)c1. The topological polar surface area (TPSA) is 70.2 Å². The van der Waals surface area contributed by atoms with Crippen LogP contribution in [0, 0.1) is 0 Å². The van der Waals surface area contributed by atoms with Gasteiger partial charge in [-0.05, 0) is 48.9 Å². The van der Waals surface area contributed by atoms with Crippen LogP contribution in [-0.4, -0.2) is 18.4 Å². The summed E-state index contributed by atoms with van der Waals surface area (Å²) < 4.78 is 0. The molecule has 3 N–H and O–H groups in total. The highest BCUT2D eigenvalue weighted by Crippen LogP contribution is 2.16. The standard InChI is InChI=1S/C18H20ClN3O2/c1-2-4-17(23)22-16-6-3-5-15(11-16)20-12-18(24)21-14-9-7-13(19)8-10-14/h3,5-11,20H,2,4,12H2,1H3,(H,21,24)(H,22,23). The number of amides is 2. The number of carbonyl (C=O) groups is 2. The van der Waals surface area contributed by atoms with Crippen molar-refractivity contribution in [3.05, 3.63) is 53.6 Å². The fraction of sp³-hybridized carbons (Fsp3) is 0.222. The highest BCUT2D eigenvalue weighted by molar-refractivity contribution is 6.30. The van der Waals surface area contributed by atoms with Gasteiger partial charge in [0.05, 0.1) is 6.54 Å². The van der Waals surface area contributed by atoms with Gasteiger partial charge in [0, 0.05) is 28.5 Å². The molecule has 0 aliphatic heterocycles. The monoisotopic (exact) mass is 345 g/mol. The van der Waals surface area contributed by atoms with Crippen molar-refractivity contribution in [3.8, 4) is 0 Å². The van der Waals surface area contributed by atoms with Gasteiger partial charge >= 0.3 is 0 Å². The van der Waals surface area contributed by atoms with Crippen LogP contribution in [0.2, 0.25) is 5.02 Å². The maximum absolute atomic E-state index is 11.9. The molecule has 0 saturated carbocycles. The third-order valence-electron chi connectivity index (χ3n) is 3.20. The number of hydrogen-bond acceptors (Lipinski definition) is 3. The van der Waals surface area contributed by atoms with Crippen molar-refractivity contribution >= 4 is 40.5 Å². The molecule has 2 aromatic carbocycles. The zero-order valence-electron chi connectivity index (χ0n) is 13.4. The summed E-state index contributed by atoms with van der Waals surface area (Å²) in [5, 5.41) is 9.25. The molecule has 126 valence electrons. The molecular formula is C18H20ClN3O2. The van der Waals surface area contributed by atoms with Crippen molar-refractivity contribution in [2.24, 2.45) is 0 Å². The zero-order chi connectivity index (χ0) is 17.4. The lowest BCUT2D eigenvalue weighted by Gasteiger charge is -2.10. The smallest absolute Gasteiger partial charge is 0.243 e. The number of benzene rings is 2. The summed E-state index contributed by atoms with van der Waals surface area (Å²) in [7, 11) is 0. The summed E-state index contributed by atoms with van der Waals surface area (Å²) in [4.78, 5) is 23.6. The molecule has 2 rings (SSSR count). The summed E-state index contributed by atoms with van der Waals surface area (Å²) in [5.41, 5.74) is 2.15. The van der Waals surface area contributed by atoms with E-state index in [0.717, 1.165) is 12.1 Å². The molecule has 0 aromatic heterocycles. The van der Waals surface area contributed by atoms with Gasteiger partial charge in [0.2, 0.25) is 11.8 Å². The van der Waals surface area contributed by atoms with Crippen LogP contribution in [0.3, 0.4) is 0 Å². The molecule has 6 heteroatoms. The Hall–Kier alpha value is -2.53. The Morgan fingerprint density at radius 3 is 2.29 bits per heavy atom. The number of anilines is 3. The van der Waals surface area contributed by atoms with E-state index >= 15 is 0 Å².